The minimum atomic E-state index is -2.36. The summed E-state index contributed by atoms with van der Waals surface area (Å²) in [6, 6.07) is 17.6. The minimum absolute atomic E-state index is 0.0333. The van der Waals surface area contributed by atoms with Crippen LogP contribution in [0.25, 0.3) is 0 Å². The van der Waals surface area contributed by atoms with Gasteiger partial charge in [0.25, 0.3) is 0 Å². The molecule has 0 aromatic heterocycles. The van der Waals surface area contributed by atoms with Crippen LogP contribution < -0.4 is 23.7 Å². The van der Waals surface area contributed by atoms with Crippen molar-refractivity contribution in [3.63, 3.8) is 0 Å². The zero-order valence-corrected chi connectivity index (χ0v) is 31.7. The molecule has 0 amide bonds. The molecule has 0 saturated heterocycles. The molecule has 316 valence electrons. The predicted octanol–water partition coefficient (Wildman–Crippen LogP) is 4.34. The molecule has 5 aliphatic heterocycles. The van der Waals surface area contributed by atoms with E-state index in [1.54, 1.807) is 0 Å². The van der Waals surface area contributed by atoms with Crippen molar-refractivity contribution in [2.75, 3.05) is 0 Å². The molecule has 8 atom stereocenters. The van der Waals surface area contributed by atoms with E-state index in [-0.39, 0.29) is 85.6 Å². The van der Waals surface area contributed by atoms with E-state index in [9.17, 15) is 61.3 Å². The predicted molar refractivity (Wildman–Crippen MR) is 208 cm³/mol. The second-order valence-corrected chi connectivity index (χ2v) is 15.9. The number of phenolic OH excluding ortho intramolecular Hbond substituents is 9. The van der Waals surface area contributed by atoms with Crippen LogP contribution >= 0.6 is 0 Å². The Kier molecular flexibility index (Phi) is 7.53. The first-order valence-electron chi connectivity index (χ1n) is 19.2. The number of rotatable bonds is 3. The van der Waals surface area contributed by atoms with Crippen molar-refractivity contribution in [2.24, 2.45) is 0 Å². The van der Waals surface area contributed by atoms with Crippen LogP contribution in [0.1, 0.15) is 62.4 Å². The van der Waals surface area contributed by atoms with Crippen LogP contribution in [0.15, 0.2) is 84.9 Å². The largest absolute Gasteiger partial charge is 0.508 e. The fourth-order valence-electron chi connectivity index (χ4n) is 9.60. The average Bonchev–Trinajstić information content (AvgIpc) is 3.22. The Hall–Kier alpha value is -7.60. The summed E-state index contributed by atoms with van der Waals surface area (Å²) in [7, 11) is 0. The number of aromatic hydroxyl groups is 9. The van der Waals surface area contributed by atoms with Crippen molar-refractivity contribution in [2.45, 2.75) is 54.2 Å². The maximum Gasteiger partial charge on any atom is 0.305 e. The summed E-state index contributed by atoms with van der Waals surface area (Å²) in [5.74, 6) is -11.8. The lowest BCUT2D eigenvalue weighted by molar-refractivity contribution is -0.227. The third kappa shape index (κ3) is 4.88. The van der Waals surface area contributed by atoms with Crippen LogP contribution in [0.2, 0.25) is 0 Å². The van der Waals surface area contributed by atoms with Gasteiger partial charge >= 0.3 is 11.6 Å². The molecule has 17 nitrogen and oxygen atoms in total. The molecule has 8 unspecified atom stereocenters. The summed E-state index contributed by atoms with van der Waals surface area (Å²) in [5, 5.41) is 133. The van der Waals surface area contributed by atoms with Crippen molar-refractivity contribution in [1.82, 2.24) is 0 Å². The van der Waals surface area contributed by atoms with Crippen molar-refractivity contribution >= 4 is 0 Å². The van der Waals surface area contributed by atoms with Crippen molar-refractivity contribution in [1.29, 1.82) is 0 Å². The lowest BCUT2D eigenvalue weighted by atomic mass is 9.70. The molecule has 11 rings (SSSR count). The molecule has 0 saturated carbocycles. The number of ether oxygens (including phenoxy) is 5. The van der Waals surface area contributed by atoms with E-state index in [0.717, 1.165) is 24.3 Å². The normalized spacial score (nSPS) is 27.0. The lowest BCUT2D eigenvalue weighted by Crippen LogP contribution is -2.59. The molecular weight excluding hydrogens is 812 g/mol. The molecule has 6 aromatic carbocycles. The summed E-state index contributed by atoms with van der Waals surface area (Å²) >= 11 is 0. The van der Waals surface area contributed by atoms with E-state index in [1.807, 2.05) is 0 Å². The third-order valence-electron chi connectivity index (χ3n) is 12.5. The second-order valence-electron chi connectivity index (χ2n) is 15.9. The van der Waals surface area contributed by atoms with E-state index in [4.69, 9.17) is 23.7 Å². The molecule has 5 heterocycles. The molecule has 17 heteroatoms. The highest BCUT2D eigenvalue weighted by atomic mass is 16.7. The number of phenols is 9. The molecule has 4 bridgehead atoms. The quantitative estimate of drug-likeness (QED) is 0.110. The van der Waals surface area contributed by atoms with Gasteiger partial charge in [0.15, 0.2) is 34.5 Å². The topological polar surface area (TPSA) is 289 Å². The van der Waals surface area contributed by atoms with Crippen LogP contribution in [0.5, 0.6) is 80.5 Å². The molecule has 62 heavy (non-hydrogen) atoms. The molecule has 0 radical (unpaired) electrons. The third-order valence-corrected chi connectivity index (χ3v) is 12.5. The van der Waals surface area contributed by atoms with Gasteiger partial charge in [-0.05, 0) is 60.2 Å². The minimum Gasteiger partial charge on any atom is -0.508 e. The highest BCUT2D eigenvalue weighted by molar-refractivity contribution is 5.72. The van der Waals surface area contributed by atoms with Crippen LogP contribution in [0, 0.1) is 0 Å². The van der Waals surface area contributed by atoms with Crippen LogP contribution in [0.4, 0.5) is 0 Å². The molecule has 6 aromatic rings. The van der Waals surface area contributed by atoms with Gasteiger partial charge in [-0.15, -0.1) is 0 Å². The van der Waals surface area contributed by atoms with Gasteiger partial charge in [0.2, 0.25) is 0 Å². The zero-order chi connectivity index (χ0) is 43.3. The smallest absolute Gasteiger partial charge is 0.305 e. The number of hydrogen-bond acceptors (Lipinski definition) is 17. The van der Waals surface area contributed by atoms with E-state index >= 15 is 0 Å². The molecule has 5 aliphatic rings. The van der Waals surface area contributed by atoms with E-state index in [1.165, 1.54) is 60.7 Å². The monoisotopic (exact) mass is 846 g/mol. The summed E-state index contributed by atoms with van der Waals surface area (Å²) in [6.45, 7) is 0. The first-order chi connectivity index (χ1) is 29.6. The van der Waals surface area contributed by atoms with Gasteiger partial charge < -0.3 is 85.0 Å². The lowest BCUT2D eigenvalue weighted by Gasteiger charge is -2.53. The Balaban J connectivity index is 1.19. The van der Waals surface area contributed by atoms with Crippen molar-refractivity contribution in [3.05, 3.63) is 129 Å². The summed E-state index contributed by atoms with van der Waals surface area (Å²) < 4.78 is 32.8. The van der Waals surface area contributed by atoms with Gasteiger partial charge in [-0.2, -0.15) is 0 Å². The van der Waals surface area contributed by atoms with Gasteiger partial charge in [-0.3, -0.25) is 0 Å². The van der Waals surface area contributed by atoms with E-state index < -0.39 is 88.1 Å². The second kappa shape index (κ2) is 12.5. The van der Waals surface area contributed by atoms with Crippen LogP contribution in [0.3, 0.4) is 0 Å². The molecule has 12 N–H and O–H groups in total. The summed E-state index contributed by atoms with van der Waals surface area (Å²) in [5.41, 5.74) is 0.738. The van der Waals surface area contributed by atoms with Gasteiger partial charge in [0.05, 0.1) is 17.9 Å². The van der Waals surface area contributed by atoms with Gasteiger partial charge in [-0.1, -0.05) is 12.1 Å². The Morgan fingerprint density at radius 3 is 1.63 bits per heavy atom. The Morgan fingerprint density at radius 1 is 0.452 bits per heavy atom. The highest BCUT2D eigenvalue weighted by Crippen LogP contribution is 2.67. The van der Waals surface area contributed by atoms with Crippen LogP contribution in [-0.2, 0) is 18.0 Å². The standard InChI is InChI=1S/C45H34O17/c46-19-4-5-20-31(12-19)59-44(17-2-7-23(48)27(52)10-17)42(56)34(20)36-33(60-44)15-29(54)35-38-37-32(61-45(43(38)57,62-41(35)36)18-3-8-24(49)28(53)11-18)14-25(50)21-13-30(55)39(58-40(21)37)16-1-6-22(47)26(51)9-16/h1-12,14-15,30,34,38-39,42-43,46-57H,13H2. The summed E-state index contributed by atoms with van der Waals surface area (Å²) in [4.78, 5) is 0. The van der Waals surface area contributed by atoms with Gasteiger partial charge in [0, 0.05) is 63.6 Å². The highest BCUT2D eigenvalue weighted by Gasteiger charge is 2.64. The Bertz CT molecular complexity index is 2930. The zero-order valence-electron chi connectivity index (χ0n) is 31.7. The molecule has 0 fully saturated rings. The first kappa shape index (κ1) is 37.4. The van der Waals surface area contributed by atoms with E-state index in [0.29, 0.717) is 5.56 Å². The maximum absolute atomic E-state index is 12.7. The van der Waals surface area contributed by atoms with Gasteiger partial charge in [-0.25, -0.2) is 0 Å². The fourth-order valence-corrected chi connectivity index (χ4v) is 9.60. The first-order valence-corrected chi connectivity index (χ1v) is 19.2. The average molecular weight is 847 g/mol. The van der Waals surface area contributed by atoms with E-state index in [2.05, 4.69) is 0 Å². The molecule has 0 aliphatic carbocycles. The maximum atomic E-state index is 12.7. The number of hydrogen-bond donors (Lipinski definition) is 12. The number of fused-ring (bicyclic) bond motifs is 15. The molecule has 0 spiro atoms. The Labute approximate surface area is 348 Å². The van der Waals surface area contributed by atoms with Crippen molar-refractivity contribution < 1.29 is 85.0 Å². The molecular formula is C45H34O17. The number of aliphatic hydroxyl groups is 3. The number of aliphatic hydroxyl groups excluding tert-OH is 3. The number of benzene rings is 6. The van der Waals surface area contributed by atoms with Gasteiger partial charge in [0.1, 0.15) is 64.3 Å². The Morgan fingerprint density at radius 2 is 1.00 bits per heavy atom. The van der Waals surface area contributed by atoms with Crippen LogP contribution in [-0.4, -0.2) is 79.6 Å². The summed E-state index contributed by atoms with van der Waals surface area (Å²) in [6.07, 6.45) is -6.24. The fraction of sp³-hybridized carbons (Fsp3) is 0.200. The van der Waals surface area contributed by atoms with Crippen molar-refractivity contribution in [3.8, 4) is 80.5 Å². The SMILES string of the molecule is Oc1ccc2c(c1)OC1(c3ccc(O)c(O)c3)Oc3cc(O)c4c(c3C2C1O)OC1(c2ccc(O)c(O)c2)Oc2cc(O)c3c(c2C4C1O)OC(c1ccc(O)c(O)c1)C(O)C3.